The lowest BCUT2D eigenvalue weighted by atomic mass is 10.1. The number of non-ortho nitro benzene ring substituents is 1. The van der Waals surface area contributed by atoms with Crippen molar-refractivity contribution >= 4 is 17.5 Å². The van der Waals surface area contributed by atoms with Crippen molar-refractivity contribution in [3.63, 3.8) is 0 Å². The molecule has 1 heterocycles. The van der Waals surface area contributed by atoms with Gasteiger partial charge in [0.15, 0.2) is 11.5 Å². The highest BCUT2D eigenvalue weighted by molar-refractivity contribution is 5.97. The second-order valence-electron chi connectivity index (χ2n) is 5.89. The molecule has 2 aromatic rings. The molecule has 0 fully saturated rings. The number of nitro benzene ring substituents is 1. The van der Waals surface area contributed by atoms with E-state index in [9.17, 15) is 19.7 Å². The van der Waals surface area contributed by atoms with Gasteiger partial charge in [0, 0.05) is 17.7 Å². The molecule has 3 rings (SSSR count). The zero-order valence-electron chi connectivity index (χ0n) is 14.4. The predicted molar refractivity (Wildman–Crippen MR) is 94.6 cm³/mol. The Morgan fingerprint density at radius 1 is 1.19 bits per heavy atom. The zero-order chi connectivity index (χ0) is 19.4. The van der Waals surface area contributed by atoms with Crippen LogP contribution in [0.15, 0.2) is 42.5 Å². The second-order valence-corrected chi connectivity index (χ2v) is 5.89. The molecular formula is C18H17N3O6. The van der Waals surface area contributed by atoms with Crippen molar-refractivity contribution in [2.24, 2.45) is 0 Å². The summed E-state index contributed by atoms with van der Waals surface area (Å²) in [5.41, 5.74) is 0.752. The number of benzene rings is 2. The molecule has 0 aromatic heterocycles. The van der Waals surface area contributed by atoms with Crippen molar-refractivity contribution in [1.82, 2.24) is 10.6 Å². The molecule has 1 aliphatic rings. The lowest BCUT2D eigenvalue weighted by Gasteiger charge is -2.15. The van der Waals surface area contributed by atoms with Crippen molar-refractivity contribution in [3.05, 3.63) is 63.7 Å². The first-order valence-corrected chi connectivity index (χ1v) is 8.15. The first kappa shape index (κ1) is 18.2. The molecule has 0 radical (unpaired) electrons. The Hall–Kier alpha value is -3.62. The van der Waals surface area contributed by atoms with Crippen molar-refractivity contribution in [2.75, 3.05) is 13.3 Å². The Bertz CT molecular complexity index is 898. The average molecular weight is 371 g/mol. The third-order valence-electron chi connectivity index (χ3n) is 4.00. The van der Waals surface area contributed by atoms with Crippen LogP contribution in [0.4, 0.5) is 5.69 Å². The van der Waals surface area contributed by atoms with E-state index in [2.05, 4.69) is 10.6 Å². The molecule has 2 amide bonds. The van der Waals surface area contributed by atoms with Crippen LogP contribution < -0.4 is 20.1 Å². The standard InChI is InChI=1S/C18H17N3O6/c1-11(12-5-6-15-16(8-12)27-10-26-15)20-17(22)9-19-18(23)13-3-2-4-14(7-13)21(24)25/h2-8,11H,9-10H2,1H3,(H,19,23)(H,20,22). The van der Waals surface area contributed by atoms with Crippen LogP contribution in [0, 0.1) is 10.1 Å². The summed E-state index contributed by atoms with van der Waals surface area (Å²) in [6, 6.07) is 10.4. The zero-order valence-corrected chi connectivity index (χ0v) is 14.4. The summed E-state index contributed by atoms with van der Waals surface area (Å²) >= 11 is 0. The maximum Gasteiger partial charge on any atom is 0.270 e. The summed E-state index contributed by atoms with van der Waals surface area (Å²) in [5.74, 6) is 0.317. The molecule has 27 heavy (non-hydrogen) atoms. The molecule has 9 nitrogen and oxygen atoms in total. The Kier molecular flexibility index (Phi) is 5.20. The third kappa shape index (κ3) is 4.32. The van der Waals surface area contributed by atoms with E-state index in [1.807, 2.05) is 6.07 Å². The number of carbonyl (C=O) groups excluding carboxylic acids is 2. The highest BCUT2D eigenvalue weighted by Crippen LogP contribution is 2.34. The van der Waals surface area contributed by atoms with Gasteiger partial charge in [0.25, 0.3) is 11.6 Å². The Morgan fingerprint density at radius 2 is 1.96 bits per heavy atom. The van der Waals surface area contributed by atoms with E-state index in [0.29, 0.717) is 11.5 Å². The minimum atomic E-state index is -0.587. The van der Waals surface area contributed by atoms with Crippen LogP contribution in [-0.2, 0) is 4.79 Å². The van der Waals surface area contributed by atoms with E-state index in [4.69, 9.17) is 9.47 Å². The van der Waals surface area contributed by atoms with Gasteiger partial charge in [-0.2, -0.15) is 0 Å². The lowest BCUT2D eigenvalue weighted by Crippen LogP contribution is -2.38. The lowest BCUT2D eigenvalue weighted by molar-refractivity contribution is -0.384. The number of nitrogens with zero attached hydrogens (tertiary/aromatic N) is 1. The van der Waals surface area contributed by atoms with Crippen molar-refractivity contribution in [2.45, 2.75) is 13.0 Å². The number of fused-ring (bicyclic) bond motifs is 1. The second kappa shape index (κ2) is 7.73. The first-order valence-electron chi connectivity index (χ1n) is 8.15. The normalized spacial score (nSPS) is 12.9. The fourth-order valence-corrected chi connectivity index (χ4v) is 2.58. The first-order chi connectivity index (χ1) is 12.9. The molecule has 0 saturated heterocycles. The SMILES string of the molecule is CC(NC(=O)CNC(=O)c1cccc([N+](=O)[O-])c1)c1ccc2c(c1)OCO2. The molecule has 0 bridgehead atoms. The number of carbonyl (C=O) groups is 2. The van der Waals surface area contributed by atoms with Crippen LogP contribution in [0.1, 0.15) is 28.9 Å². The minimum absolute atomic E-state index is 0.112. The fraction of sp³-hybridized carbons (Fsp3) is 0.222. The number of rotatable bonds is 6. The van der Waals surface area contributed by atoms with Crippen LogP contribution in [0.25, 0.3) is 0 Å². The molecule has 1 atom stereocenters. The van der Waals surface area contributed by atoms with Crippen LogP contribution in [0.5, 0.6) is 11.5 Å². The molecule has 0 saturated carbocycles. The van der Waals surface area contributed by atoms with Crippen molar-refractivity contribution in [1.29, 1.82) is 0 Å². The summed E-state index contributed by atoms with van der Waals surface area (Å²) < 4.78 is 10.6. The molecule has 9 heteroatoms. The smallest absolute Gasteiger partial charge is 0.270 e. The quantitative estimate of drug-likeness (QED) is 0.591. The van der Waals surface area contributed by atoms with E-state index >= 15 is 0 Å². The van der Waals surface area contributed by atoms with Gasteiger partial charge in [-0.25, -0.2) is 0 Å². The summed E-state index contributed by atoms with van der Waals surface area (Å²) in [5, 5.41) is 16.0. The van der Waals surface area contributed by atoms with Gasteiger partial charge >= 0.3 is 0 Å². The Morgan fingerprint density at radius 3 is 2.74 bits per heavy atom. The number of ether oxygens (including phenoxy) is 2. The van der Waals surface area contributed by atoms with Crippen LogP contribution in [0.3, 0.4) is 0 Å². The molecule has 1 unspecified atom stereocenters. The predicted octanol–water partition coefficient (Wildman–Crippen LogP) is 1.93. The molecule has 2 aromatic carbocycles. The van der Waals surface area contributed by atoms with Crippen molar-refractivity contribution in [3.8, 4) is 11.5 Å². The monoisotopic (exact) mass is 371 g/mol. The van der Waals surface area contributed by atoms with Gasteiger partial charge in [0.05, 0.1) is 17.5 Å². The third-order valence-corrected chi connectivity index (χ3v) is 4.00. The van der Waals surface area contributed by atoms with E-state index in [1.54, 1.807) is 19.1 Å². The largest absolute Gasteiger partial charge is 0.454 e. The summed E-state index contributed by atoms with van der Waals surface area (Å²) in [7, 11) is 0. The van der Waals surface area contributed by atoms with Gasteiger partial charge in [0.1, 0.15) is 0 Å². The Balaban J connectivity index is 1.54. The van der Waals surface area contributed by atoms with Gasteiger partial charge in [-0.1, -0.05) is 12.1 Å². The minimum Gasteiger partial charge on any atom is -0.454 e. The van der Waals surface area contributed by atoms with Gasteiger partial charge < -0.3 is 20.1 Å². The highest BCUT2D eigenvalue weighted by Gasteiger charge is 2.17. The number of amides is 2. The average Bonchev–Trinajstić information content (AvgIpc) is 3.13. The number of hydrogen-bond acceptors (Lipinski definition) is 6. The van der Waals surface area contributed by atoms with E-state index in [0.717, 1.165) is 11.6 Å². The van der Waals surface area contributed by atoms with Crippen LogP contribution in [-0.4, -0.2) is 30.1 Å². The molecule has 1 aliphatic heterocycles. The number of nitrogens with one attached hydrogen (secondary N) is 2. The Labute approximate surface area is 154 Å². The van der Waals surface area contributed by atoms with Gasteiger partial charge in [-0.3, -0.25) is 19.7 Å². The maximum absolute atomic E-state index is 12.1. The highest BCUT2D eigenvalue weighted by atomic mass is 16.7. The van der Waals surface area contributed by atoms with Gasteiger partial charge in [0.2, 0.25) is 12.7 Å². The van der Waals surface area contributed by atoms with Crippen molar-refractivity contribution < 1.29 is 24.0 Å². The van der Waals surface area contributed by atoms with Crippen LogP contribution >= 0.6 is 0 Å². The van der Waals surface area contributed by atoms with Gasteiger partial charge in [-0.15, -0.1) is 0 Å². The fourth-order valence-electron chi connectivity index (χ4n) is 2.58. The molecular weight excluding hydrogens is 354 g/mol. The van der Waals surface area contributed by atoms with E-state index in [-0.39, 0.29) is 36.5 Å². The maximum atomic E-state index is 12.1. The van der Waals surface area contributed by atoms with E-state index in [1.165, 1.54) is 18.2 Å². The molecule has 0 aliphatic carbocycles. The van der Waals surface area contributed by atoms with Crippen LogP contribution in [0.2, 0.25) is 0 Å². The summed E-state index contributed by atoms with van der Waals surface area (Å²) in [6.07, 6.45) is 0. The summed E-state index contributed by atoms with van der Waals surface area (Å²) in [6.45, 7) is 1.72. The molecule has 2 N–H and O–H groups in total. The summed E-state index contributed by atoms with van der Waals surface area (Å²) in [4.78, 5) is 34.3. The molecule has 0 spiro atoms. The number of nitro groups is 1. The van der Waals surface area contributed by atoms with E-state index < -0.39 is 10.8 Å². The topological polar surface area (TPSA) is 120 Å². The van der Waals surface area contributed by atoms with Gasteiger partial charge in [-0.05, 0) is 30.7 Å². The number of hydrogen-bond donors (Lipinski definition) is 2. The molecule has 140 valence electrons.